The summed E-state index contributed by atoms with van der Waals surface area (Å²) in [5.74, 6) is -0.173. The molecule has 0 aromatic heterocycles. The Balaban J connectivity index is 1.68. The van der Waals surface area contributed by atoms with Crippen LogP contribution in [-0.2, 0) is 19.0 Å². The predicted molar refractivity (Wildman–Crippen MR) is 98.3 cm³/mol. The average molecular weight is 362 g/mol. The zero-order chi connectivity index (χ0) is 18.4. The van der Waals surface area contributed by atoms with E-state index in [4.69, 9.17) is 14.2 Å². The molecule has 0 radical (unpaired) electrons. The standard InChI is InChI=1S/C21H30O5/c1-15-7-3-2-4-8-16-13-17(26-21-9-5-6-12-24-21)14-18(16)19(22)10-11-20(23)25-15/h2-4,8,10-11,15-19,21-22H,5-7,9,12-14H2,1H3/b3-2-,8-4+,11-10+/t15?,16?,17-,18?,19+,21?/m0/s1. The number of hydrogen-bond donors (Lipinski definition) is 1. The van der Waals surface area contributed by atoms with E-state index in [1.54, 1.807) is 6.08 Å². The molecular weight excluding hydrogens is 332 g/mol. The van der Waals surface area contributed by atoms with Crippen LogP contribution in [0.15, 0.2) is 36.5 Å². The maximum atomic E-state index is 11.9. The Morgan fingerprint density at radius 3 is 2.88 bits per heavy atom. The summed E-state index contributed by atoms with van der Waals surface area (Å²) in [4.78, 5) is 11.9. The summed E-state index contributed by atoms with van der Waals surface area (Å²) in [6, 6.07) is 0. The molecule has 3 aliphatic rings. The number of rotatable bonds is 2. The van der Waals surface area contributed by atoms with E-state index in [0.29, 0.717) is 6.42 Å². The first-order valence-corrected chi connectivity index (χ1v) is 9.79. The highest BCUT2D eigenvalue weighted by Gasteiger charge is 2.38. The third-order valence-electron chi connectivity index (χ3n) is 5.36. The molecule has 5 heteroatoms. The van der Waals surface area contributed by atoms with Crippen LogP contribution in [0.5, 0.6) is 0 Å². The van der Waals surface area contributed by atoms with Gasteiger partial charge in [-0.2, -0.15) is 0 Å². The smallest absolute Gasteiger partial charge is 0.330 e. The number of fused-ring (bicyclic) bond motifs is 1. The summed E-state index contributed by atoms with van der Waals surface area (Å²) in [7, 11) is 0. The van der Waals surface area contributed by atoms with Crippen LogP contribution in [0, 0.1) is 11.8 Å². The lowest BCUT2D eigenvalue weighted by Gasteiger charge is -2.26. The Bertz CT molecular complexity index is 547. The number of aliphatic hydroxyl groups is 1. The molecule has 0 aromatic carbocycles. The molecule has 144 valence electrons. The molecule has 2 heterocycles. The van der Waals surface area contributed by atoms with Crippen molar-refractivity contribution in [1.82, 2.24) is 0 Å². The number of carbonyl (C=O) groups is 1. The lowest BCUT2D eigenvalue weighted by atomic mass is 9.90. The van der Waals surface area contributed by atoms with Gasteiger partial charge in [0.05, 0.1) is 12.2 Å². The third kappa shape index (κ3) is 5.53. The fourth-order valence-corrected chi connectivity index (χ4v) is 3.97. The lowest BCUT2D eigenvalue weighted by Crippen LogP contribution is -2.27. The molecule has 2 aliphatic heterocycles. The van der Waals surface area contributed by atoms with Crippen LogP contribution in [0.4, 0.5) is 0 Å². The number of esters is 1. The summed E-state index contributed by atoms with van der Waals surface area (Å²) in [5.41, 5.74) is 0. The van der Waals surface area contributed by atoms with Gasteiger partial charge in [-0.3, -0.25) is 0 Å². The molecule has 5 nitrogen and oxygen atoms in total. The first kappa shape index (κ1) is 19.3. The summed E-state index contributed by atoms with van der Waals surface area (Å²) in [5, 5.41) is 10.6. The quantitative estimate of drug-likeness (QED) is 0.764. The van der Waals surface area contributed by atoms with Gasteiger partial charge in [-0.1, -0.05) is 24.3 Å². The van der Waals surface area contributed by atoms with Crippen molar-refractivity contribution in [2.24, 2.45) is 11.8 Å². The predicted octanol–water partition coefficient (Wildman–Crippen LogP) is 3.29. The minimum atomic E-state index is -0.696. The van der Waals surface area contributed by atoms with Crippen molar-refractivity contribution in [1.29, 1.82) is 0 Å². The molecule has 1 aliphatic carbocycles. The van der Waals surface area contributed by atoms with Crippen molar-refractivity contribution < 1.29 is 24.1 Å². The summed E-state index contributed by atoms with van der Waals surface area (Å²) in [6.45, 7) is 2.63. The molecule has 1 saturated heterocycles. The molecule has 3 rings (SSSR count). The second-order valence-corrected chi connectivity index (χ2v) is 7.50. The van der Waals surface area contributed by atoms with Crippen molar-refractivity contribution in [3.63, 3.8) is 0 Å². The van der Waals surface area contributed by atoms with Gasteiger partial charge < -0.3 is 19.3 Å². The van der Waals surface area contributed by atoms with Crippen LogP contribution < -0.4 is 0 Å². The van der Waals surface area contributed by atoms with E-state index < -0.39 is 12.1 Å². The van der Waals surface area contributed by atoms with E-state index in [1.165, 1.54) is 6.08 Å². The minimum Gasteiger partial charge on any atom is -0.459 e. The number of cyclic esters (lactones) is 1. The lowest BCUT2D eigenvalue weighted by molar-refractivity contribution is -0.187. The Morgan fingerprint density at radius 1 is 1.19 bits per heavy atom. The molecule has 1 saturated carbocycles. The Morgan fingerprint density at radius 2 is 2.08 bits per heavy atom. The van der Waals surface area contributed by atoms with Crippen molar-refractivity contribution in [3.8, 4) is 0 Å². The number of hydrogen-bond acceptors (Lipinski definition) is 5. The SMILES string of the molecule is CC1C/C=C\C=C\C2C[C@H](OC3CCCCO3)CC2[C@H](O)/C=C/C(=O)O1. The highest BCUT2D eigenvalue weighted by atomic mass is 16.7. The Kier molecular flexibility index (Phi) is 7.06. The molecule has 4 unspecified atom stereocenters. The summed E-state index contributed by atoms with van der Waals surface area (Å²) < 4.78 is 17.1. The van der Waals surface area contributed by atoms with E-state index in [1.807, 2.05) is 25.2 Å². The highest BCUT2D eigenvalue weighted by molar-refractivity contribution is 5.82. The van der Waals surface area contributed by atoms with Crippen molar-refractivity contribution in [2.75, 3.05) is 6.61 Å². The van der Waals surface area contributed by atoms with Gasteiger partial charge in [0.1, 0.15) is 6.10 Å². The molecule has 1 N–H and O–H groups in total. The first-order valence-electron chi connectivity index (χ1n) is 9.79. The zero-order valence-electron chi connectivity index (χ0n) is 15.5. The molecule has 0 amide bonds. The van der Waals surface area contributed by atoms with E-state index in [2.05, 4.69) is 6.08 Å². The van der Waals surface area contributed by atoms with Crippen LogP contribution in [0.25, 0.3) is 0 Å². The number of aliphatic hydroxyl groups excluding tert-OH is 1. The third-order valence-corrected chi connectivity index (χ3v) is 5.36. The topological polar surface area (TPSA) is 65.0 Å². The van der Waals surface area contributed by atoms with Crippen molar-refractivity contribution >= 4 is 5.97 Å². The average Bonchev–Trinajstić information content (AvgIpc) is 3.02. The van der Waals surface area contributed by atoms with Crippen LogP contribution in [0.2, 0.25) is 0 Å². The monoisotopic (exact) mass is 362 g/mol. The van der Waals surface area contributed by atoms with Gasteiger partial charge in [0, 0.05) is 19.1 Å². The maximum Gasteiger partial charge on any atom is 0.330 e. The Hall–Kier alpha value is -1.43. The molecule has 0 aromatic rings. The van der Waals surface area contributed by atoms with Gasteiger partial charge in [0.25, 0.3) is 0 Å². The highest BCUT2D eigenvalue weighted by Crippen LogP contribution is 2.38. The number of carbonyl (C=O) groups excluding carboxylic acids is 1. The second kappa shape index (κ2) is 9.49. The largest absolute Gasteiger partial charge is 0.459 e. The summed E-state index contributed by atoms with van der Waals surface area (Å²) in [6.07, 6.45) is 15.6. The van der Waals surface area contributed by atoms with E-state index in [9.17, 15) is 9.90 Å². The van der Waals surface area contributed by atoms with E-state index in [0.717, 1.165) is 38.7 Å². The van der Waals surface area contributed by atoms with Crippen molar-refractivity contribution in [3.05, 3.63) is 36.5 Å². The molecule has 2 fully saturated rings. The molecule has 0 spiro atoms. The van der Waals surface area contributed by atoms with Crippen molar-refractivity contribution in [2.45, 2.75) is 70.1 Å². The number of ether oxygens (including phenoxy) is 3. The Labute approximate surface area is 155 Å². The first-order chi connectivity index (χ1) is 12.6. The fourth-order valence-electron chi connectivity index (χ4n) is 3.97. The van der Waals surface area contributed by atoms with E-state index >= 15 is 0 Å². The zero-order valence-corrected chi connectivity index (χ0v) is 15.5. The molecule has 0 bridgehead atoms. The van der Waals surface area contributed by atoms with Crippen LogP contribution in [0.1, 0.15) is 45.4 Å². The minimum absolute atomic E-state index is 0.0236. The van der Waals surface area contributed by atoms with Crippen LogP contribution in [-0.4, -0.2) is 42.3 Å². The molecular formula is C21H30O5. The second-order valence-electron chi connectivity index (χ2n) is 7.50. The summed E-state index contributed by atoms with van der Waals surface area (Å²) >= 11 is 0. The van der Waals surface area contributed by atoms with Crippen LogP contribution >= 0.6 is 0 Å². The molecule has 6 atom stereocenters. The maximum absolute atomic E-state index is 11.9. The number of allylic oxidation sites excluding steroid dienone is 3. The van der Waals surface area contributed by atoms with E-state index in [-0.39, 0.29) is 30.3 Å². The van der Waals surface area contributed by atoms with Gasteiger partial charge in [0.2, 0.25) is 0 Å². The van der Waals surface area contributed by atoms with Gasteiger partial charge >= 0.3 is 5.97 Å². The van der Waals surface area contributed by atoms with Gasteiger partial charge in [-0.05, 0) is 56.9 Å². The molecule has 26 heavy (non-hydrogen) atoms. The van der Waals surface area contributed by atoms with Gasteiger partial charge in [0.15, 0.2) is 6.29 Å². The van der Waals surface area contributed by atoms with Crippen LogP contribution in [0.3, 0.4) is 0 Å². The normalized spacial score (nSPS) is 42.5. The van der Waals surface area contributed by atoms with Gasteiger partial charge in [-0.15, -0.1) is 0 Å². The van der Waals surface area contributed by atoms with Gasteiger partial charge in [-0.25, -0.2) is 4.79 Å². The fraction of sp³-hybridized carbons (Fsp3) is 0.667.